The number of aliphatic carboxylic acids is 1. The second-order valence-corrected chi connectivity index (χ2v) is 3.89. The smallest absolute Gasteiger partial charge is 0.481 e. The molecule has 1 unspecified atom stereocenters. The van der Waals surface area contributed by atoms with E-state index in [0.29, 0.717) is 0 Å². The first kappa shape index (κ1) is 16.9. The summed E-state index contributed by atoms with van der Waals surface area (Å²) in [5.74, 6) is -5.21. The van der Waals surface area contributed by atoms with Crippen molar-refractivity contribution in [3.05, 3.63) is 24.3 Å². The monoisotopic (exact) mass is 317 g/mol. The number of ether oxygens (including phenoxy) is 1. The molecule has 1 rings (SSSR count). The predicted molar refractivity (Wildman–Crippen MR) is 58.8 cm³/mol. The lowest BCUT2D eigenvalue weighted by atomic mass is 10.1. The largest absolute Gasteiger partial charge is 0.573 e. The molecule has 4 nitrogen and oxygen atoms in total. The Balaban J connectivity index is 2.66. The van der Waals surface area contributed by atoms with Crippen LogP contribution in [-0.2, 0) is 4.79 Å². The lowest BCUT2D eigenvalue weighted by Crippen LogP contribution is -2.36. The number of halogens is 6. The highest BCUT2D eigenvalue weighted by molar-refractivity contribution is 5.71. The first-order chi connectivity index (χ1) is 9.49. The van der Waals surface area contributed by atoms with Crippen molar-refractivity contribution >= 4 is 11.7 Å². The highest BCUT2D eigenvalue weighted by Crippen LogP contribution is 2.28. The maximum Gasteiger partial charge on any atom is 0.573 e. The van der Waals surface area contributed by atoms with Gasteiger partial charge in [0.1, 0.15) is 5.75 Å². The average Bonchev–Trinajstić information content (AvgIpc) is 2.27. The third kappa shape index (κ3) is 5.79. The Morgan fingerprint density at radius 2 is 1.67 bits per heavy atom. The van der Waals surface area contributed by atoms with Gasteiger partial charge in [0.05, 0.1) is 0 Å². The molecule has 0 amide bonds. The van der Waals surface area contributed by atoms with E-state index in [2.05, 4.69) is 10.1 Å². The molecule has 0 heterocycles. The van der Waals surface area contributed by atoms with Crippen LogP contribution in [0.2, 0.25) is 0 Å². The summed E-state index contributed by atoms with van der Waals surface area (Å²) in [6.07, 6.45) is -9.81. The molecule has 118 valence electrons. The standard InChI is InChI=1S/C11H9F6NO3/c12-10(13,14)8(9(19)20)5-18-6-1-3-7(4-2-6)21-11(15,16)17/h1-4,8,18H,5H2,(H,19,20). The van der Waals surface area contributed by atoms with Gasteiger partial charge in [0.25, 0.3) is 0 Å². The molecule has 0 aliphatic heterocycles. The SMILES string of the molecule is O=C(O)C(CNc1ccc(OC(F)(F)F)cc1)C(F)(F)F. The van der Waals surface area contributed by atoms with Crippen LogP contribution < -0.4 is 10.1 Å². The number of carboxylic acids is 1. The van der Waals surface area contributed by atoms with Crippen molar-refractivity contribution in [3.8, 4) is 5.75 Å². The van der Waals surface area contributed by atoms with Crippen molar-refractivity contribution < 1.29 is 41.0 Å². The van der Waals surface area contributed by atoms with E-state index < -0.39 is 36.7 Å². The van der Waals surface area contributed by atoms with Gasteiger partial charge in [-0.2, -0.15) is 13.2 Å². The molecule has 0 aliphatic carbocycles. The van der Waals surface area contributed by atoms with Gasteiger partial charge in [-0.25, -0.2) is 0 Å². The van der Waals surface area contributed by atoms with E-state index in [9.17, 15) is 31.1 Å². The molecule has 21 heavy (non-hydrogen) atoms. The van der Waals surface area contributed by atoms with Crippen molar-refractivity contribution in [2.24, 2.45) is 5.92 Å². The molecule has 0 saturated heterocycles. The summed E-state index contributed by atoms with van der Waals surface area (Å²) in [6.45, 7) is -0.946. The molecule has 0 saturated carbocycles. The average molecular weight is 317 g/mol. The Morgan fingerprint density at radius 3 is 2.05 bits per heavy atom. The minimum atomic E-state index is -4.93. The maximum absolute atomic E-state index is 12.4. The zero-order chi connectivity index (χ0) is 16.3. The lowest BCUT2D eigenvalue weighted by Gasteiger charge is -2.17. The van der Waals surface area contributed by atoms with Crippen LogP contribution in [-0.4, -0.2) is 30.2 Å². The minimum absolute atomic E-state index is 0.0278. The third-order valence-corrected chi connectivity index (χ3v) is 2.29. The van der Waals surface area contributed by atoms with E-state index in [1.165, 1.54) is 0 Å². The molecule has 10 heteroatoms. The fraction of sp³-hybridized carbons (Fsp3) is 0.364. The highest BCUT2D eigenvalue weighted by Gasteiger charge is 2.44. The van der Waals surface area contributed by atoms with Crippen LogP contribution in [0.1, 0.15) is 0 Å². The third-order valence-electron chi connectivity index (χ3n) is 2.29. The lowest BCUT2D eigenvalue weighted by molar-refractivity contribution is -0.274. The van der Waals surface area contributed by atoms with Crippen LogP contribution >= 0.6 is 0 Å². The fourth-order valence-electron chi connectivity index (χ4n) is 1.34. The number of carboxylic acid groups (broad SMARTS) is 1. The van der Waals surface area contributed by atoms with Gasteiger partial charge in [0.15, 0.2) is 5.92 Å². The first-order valence-corrected chi connectivity index (χ1v) is 5.38. The number of benzene rings is 1. The number of hydrogen-bond acceptors (Lipinski definition) is 3. The number of nitrogens with one attached hydrogen (secondary N) is 1. The van der Waals surface area contributed by atoms with Gasteiger partial charge in [0.2, 0.25) is 0 Å². The van der Waals surface area contributed by atoms with Crippen LogP contribution in [0.15, 0.2) is 24.3 Å². The molecule has 0 aromatic heterocycles. The molecule has 2 N–H and O–H groups in total. The Bertz CT molecular complexity index is 482. The molecule has 1 atom stereocenters. The number of alkyl halides is 6. The Hall–Kier alpha value is -2.13. The Labute approximate surface area is 114 Å². The van der Waals surface area contributed by atoms with Gasteiger partial charge in [-0.1, -0.05) is 0 Å². The normalized spacial score (nSPS) is 13.6. The number of anilines is 1. The summed E-state index contributed by atoms with van der Waals surface area (Å²) in [5, 5.41) is 10.6. The predicted octanol–water partition coefficient (Wildman–Crippen LogP) is 3.26. The van der Waals surface area contributed by atoms with Crippen molar-refractivity contribution in [1.29, 1.82) is 0 Å². The fourth-order valence-corrected chi connectivity index (χ4v) is 1.34. The van der Waals surface area contributed by atoms with Gasteiger partial charge in [-0.3, -0.25) is 4.79 Å². The summed E-state index contributed by atoms with van der Waals surface area (Å²) < 4.78 is 76.3. The molecular formula is C11H9F6NO3. The van der Waals surface area contributed by atoms with Gasteiger partial charge >= 0.3 is 18.5 Å². The highest BCUT2D eigenvalue weighted by atomic mass is 19.4. The van der Waals surface area contributed by atoms with E-state index in [-0.39, 0.29) is 5.69 Å². The Kier molecular flexibility index (Phi) is 4.92. The van der Waals surface area contributed by atoms with Crippen LogP contribution in [0.25, 0.3) is 0 Å². The molecule has 0 aliphatic rings. The number of rotatable bonds is 5. The molecule has 0 fully saturated rings. The second kappa shape index (κ2) is 6.10. The first-order valence-electron chi connectivity index (χ1n) is 5.38. The summed E-state index contributed by atoms with van der Waals surface area (Å²) in [4.78, 5) is 10.5. The second-order valence-electron chi connectivity index (χ2n) is 3.89. The summed E-state index contributed by atoms with van der Waals surface area (Å²) in [5.41, 5.74) is 0.0278. The van der Waals surface area contributed by atoms with Crippen molar-refractivity contribution in [2.75, 3.05) is 11.9 Å². The number of hydrogen-bond donors (Lipinski definition) is 2. The van der Waals surface area contributed by atoms with Crippen molar-refractivity contribution in [2.45, 2.75) is 12.5 Å². The quantitative estimate of drug-likeness (QED) is 0.819. The van der Waals surface area contributed by atoms with Gasteiger partial charge in [-0.15, -0.1) is 13.2 Å². The van der Waals surface area contributed by atoms with E-state index >= 15 is 0 Å². The van der Waals surface area contributed by atoms with Crippen LogP contribution in [0.5, 0.6) is 5.75 Å². The van der Waals surface area contributed by atoms with Crippen LogP contribution in [0, 0.1) is 5.92 Å². The van der Waals surface area contributed by atoms with Crippen molar-refractivity contribution in [3.63, 3.8) is 0 Å². The van der Waals surface area contributed by atoms with E-state index in [4.69, 9.17) is 5.11 Å². The number of carbonyl (C=O) groups is 1. The van der Waals surface area contributed by atoms with Gasteiger partial charge in [0, 0.05) is 12.2 Å². The summed E-state index contributed by atoms with van der Waals surface area (Å²) in [6, 6.07) is 3.85. The zero-order valence-electron chi connectivity index (χ0n) is 10.1. The Morgan fingerprint density at radius 1 is 1.14 bits per heavy atom. The van der Waals surface area contributed by atoms with Crippen molar-refractivity contribution in [1.82, 2.24) is 0 Å². The van der Waals surface area contributed by atoms with Crippen LogP contribution in [0.3, 0.4) is 0 Å². The van der Waals surface area contributed by atoms with Gasteiger partial charge < -0.3 is 15.2 Å². The molecule has 0 spiro atoms. The molecule has 1 aromatic rings. The topological polar surface area (TPSA) is 58.6 Å². The van der Waals surface area contributed by atoms with E-state index in [1.807, 2.05) is 0 Å². The van der Waals surface area contributed by atoms with E-state index in [0.717, 1.165) is 24.3 Å². The summed E-state index contributed by atoms with van der Waals surface area (Å²) in [7, 11) is 0. The molecule has 1 aromatic carbocycles. The van der Waals surface area contributed by atoms with Crippen LogP contribution in [0.4, 0.5) is 32.0 Å². The molecular weight excluding hydrogens is 308 g/mol. The molecule has 0 bridgehead atoms. The maximum atomic E-state index is 12.4. The van der Waals surface area contributed by atoms with E-state index in [1.54, 1.807) is 0 Å². The summed E-state index contributed by atoms with van der Waals surface area (Å²) >= 11 is 0. The van der Waals surface area contributed by atoms with Gasteiger partial charge in [-0.05, 0) is 24.3 Å². The molecule has 0 radical (unpaired) electrons. The zero-order valence-corrected chi connectivity index (χ0v) is 10.1. The minimum Gasteiger partial charge on any atom is -0.481 e.